The molecule has 0 heterocycles. The van der Waals surface area contributed by atoms with E-state index in [0.29, 0.717) is 11.3 Å². The normalized spacial score (nSPS) is 12.0. The summed E-state index contributed by atoms with van der Waals surface area (Å²) in [5, 5.41) is 18.8. The van der Waals surface area contributed by atoms with E-state index in [1.165, 1.54) is 26.4 Å². The first-order valence-electron chi connectivity index (χ1n) is 5.15. The molecule has 0 saturated carbocycles. The zero-order valence-electron chi connectivity index (χ0n) is 10.1. The largest absolute Gasteiger partial charge is 0.507 e. The number of ether oxygens (including phenoxy) is 2. The second-order valence-corrected chi connectivity index (χ2v) is 3.69. The van der Waals surface area contributed by atoms with Crippen LogP contribution >= 0.6 is 0 Å². The van der Waals surface area contributed by atoms with Crippen molar-refractivity contribution in [2.45, 2.75) is 12.8 Å². The van der Waals surface area contributed by atoms with E-state index in [1.54, 1.807) is 6.92 Å². The van der Waals surface area contributed by atoms with Gasteiger partial charge in [0.05, 0.1) is 14.2 Å². The Morgan fingerprint density at radius 3 is 2.53 bits per heavy atom. The molecule has 0 spiro atoms. The molecule has 5 nitrogen and oxygen atoms in total. The van der Waals surface area contributed by atoms with Crippen LogP contribution in [0.25, 0.3) is 0 Å². The van der Waals surface area contributed by atoms with Gasteiger partial charge in [-0.25, -0.2) is 4.79 Å². The molecule has 0 bridgehead atoms. The number of carbonyl (C=O) groups is 1. The number of rotatable bonds is 4. The highest BCUT2D eigenvalue weighted by molar-refractivity contribution is 5.93. The van der Waals surface area contributed by atoms with E-state index in [0.717, 1.165) is 0 Å². The van der Waals surface area contributed by atoms with Gasteiger partial charge in [0.15, 0.2) is 0 Å². The lowest BCUT2D eigenvalue weighted by Gasteiger charge is -2.15. The van der Waals surface area contributed by atoms with Crippen molar-refractivity contribution >= 4 is 5.97 Å². The fourth-order valence-corrected chi connectivity index (χ4v) is 1.52. The lowest BCUT2D eigenvalue weighted by atomic mass is 9.98. The number of methoxy groups -OCH3 is 2. The first-order chi connectivity index (χ1) is 8.04. The number of phenols is 1. The molecular formula is C12H16O5. The fraction of sp³-hybridized carbons (Fsp3) is 0.417. The van der Waals surface area contributed by atoms with Crippen molar-refractivity contribution < 1.29 is 24.5 Å². The highest BCUT2D eigenvalue weighted by Crippen LogP contribution is 2.33. The summed E-state index contributed by atoms with van der Waals surface area (Å²) in [6, 6.07) is 2.81. The van der Waals surface area contributed by atoms with Crippen molar-refractivity contribution in [3.05, 3.63) is 23.3 Å². The molecule has 0 aliphatic carbocycles. The van der Waals surface area contributed by atoms with E-state index in [4.69, 9.17) is 9.84 Å². The SMILES string of the molecule is COC(=O)c1cc(C(C)CO)c(OC)cc1O. The number of hydrogen-bond donors (Lipinski definition) is 2. The molecule has 1 aromatic carbocycles. The number of benzene rings is 1. The van der Waals surface area contributed by atoms with Gasteiger partial charge in [-0.05, 0) is 6.07 Å². The lowest BCUT2D eigenvalue weighted by molar-refractivity contribution is 0.0597. The number of carbonyl (C=O) groups excluding carboxylic acids is 1. The molecule has 94 valence electrons. The van der Waals surface area contributed by atoms with Crippen LogP contribution in [0.1, 0.15) is 28.8 Å². The number of aromatic hydroxyl groups is 1. The van der Waals surface area contributed by atoms with Gasteiger partial charge in [-0.2, -0.15) is 0 Å². The lowest BCUT2D eigenvalue weighted by Crippen LogP contribution is -2.07. The average Bonchev–Trinajstić information content (AvgIpc) is 2.36. The summed E-state index contributed by atoms with van der Waals surface area (Å²) in [6.07, 6.45) is 0. The van der Waals surface area contributed by atoms with Crippen molar-refractivity contribution in [1.29, 1.82) is 0 Å². The molecular weight excluding hydrogens is 224 g/mol. The van der Waals surface area contributed by atoms with Crippen LogP contribution in [0.2, 0.25) is 0 Å². The Balaban J connectivity index is 3.32. The van der Waals surface area contributed by atoms with E-state index >= 15 is 0 Å². The quantitative estimate of drug-likeness (QED) is 0.775. The Morgan fingerprint density at radius 1 is 1.41 bits per heavy atom. The monoisotopic (exact) mass is 240 g/mol. The number of aliphatic hydroxyl groups excluding tert-OH is 1. The van der Waals surface area contributed by atoms with Crippen molar-refractivity contribution in [1.82, 2.24) is 0 Å². The molecule has 0 radical (unpaired) electrons. The number of aliphatic hydroxyl groups is 1. The predicted molar refractivity (Wildman–Crippen MR) is 61.5 cm³/mol. The van der Waals surface area contributed by atoms with Crippen molar-refractivity contribution in [2.75, 3.05) is 20.8 Å². The summed E-state index contributed by atoms with van der Waals surface area (Å²) in [6.45, 7) is 1.71. The standard InChI is InChI=1S/C12H16O5/c1-7(6-13)8-4-9(12(15)17-3)10(14)5-11(8)16-2/h4-5,7,13-14H,6H2,1-3H3. The van der Waals surface area contributed by atoms with E-state index < -0.39 is 5.97 Å². The van der Waals surface area contributed by atoms with Crippen molar-refractivity contribution in [3.63, 3.8) is 0 Å². The minimum absolute atomic E-state index is 0.0589. The Kier molecular flexibility index (Phi) is 4.34. The maximum absolute atomic E-state index is 11.4. The van der Waals surface area contributed by atoms with Gasteiger partial charge in [-0.3, -0.25) is 0 Å². The number of esters is 1. The molecule has 0 saturated heterocycles. The van der Waals surface area contributed by atoms with E-state index in [1.807, 2.05) is 0 Å². The molecule has 1 atom stereocenters. The maximum Gasteiger partial charge on any atom is 0.341 e. The fourth-order valence-electron chi connectivity index (χ4n) is 1.52. The van der Waals surface area contributed by atoms with Gasteiger partial charge in [0.1, 0.15) is 17.1 Å². The molecule has 1 rings (SSSR count). The van der Waals surface area contributed by atoms with Crippen LogP contribution in [0.5, 0.6) is 11.5 Å². The van der Waals surface area contributed by atoms with Crippen molar-refractivity contribution in [2.24, 2.45) is 0 Å². The van der Waals surface area contributed by atoms with Gasteiger partial charge in [0.25, 0.3) is 0 Å². The van der Waals surface area contributed by atoms with Crippen LogP contribution in [-0.4, -0.2) is 37.0 Å². The van der Waals surface area contributed by atoms with Crippen molar-refractivity contribution in [3.8, 4) is 11.5 Å². The average molecular weight is 240 g/mol. The topological polar surface area (TPSA) is 76.0 Å². The van der Waals surface area contributed by atoms with Gasteiger partial charge < -0.3 is 19.7 Å². The summed E-state index contributed by atoms with van der Waals surface area (Å²) in [7, 11) is 2.70. The highest BCUT2D eigenvalue weighted by atomic mass is 16.5. The third-order valence-electron chi connectivity index (χ3n) is 2.56. The van der Waals surface area contributed by atoms with Crippen LogP contribution in [0.15, 0.2) is 12.1 Å². The van der Waals surface area contributed by atoms with E-state index in [2.05, 4.69) is 4.74 Å². The molecule has 0 amide bonds. The highest BCUT2D eigenvalue weighted by Gasteiger charge is 2.19. The minimum Gasteiger partial charge on any atom is -0.507 e. The van der Waals surface area contributed by atoms with Gasteiger partial charge >= 0.3 is 5.97 Å². The van der Waals surface area contributed by atoms with Crippen LogP contribution in [-0.2, 0) is 4.74 Å². The van der Waals surface area contributed by atoms with Gasteiger partial charge in [-0.15, -0.1) is 0 Å². The Bertz CT molecular complexity index is 414. The van der Waals surface area contributed by atoms with Gasteiger partial charge in [-0.1, -0.05) is 6.92 Å². The van der Waals surface area contributed by atoms with E-state index in [9.17, 15) is 9.90 Å². The molecule has 5 heteroatoms. The molecule has 0 fully saturated rings. The minimum atomic E-state index is -0.628. The summed E-state index contributed by atoms with van der Waals surface area (Å²) >= 11 is 0. The third kappa shape index (κ3) is 2.68. The smallest absolute Gasteiger partial charge is 0.341 e. The summed E-state index contributed by atoms with van der Waals surface area (Å²) in [5.74, 6) is -0.607. The first kappa shape index (κ1) is 13.3. The van der Waals surface area contributed by atoms with Gasteiger partial charge in [0, 0.05) is 24.2 Å². The van der Waals surface area contributed by atoms with Gasteiger partial charge in [0.2, 0.25) is 0 Å². The van der Waals surface area contributed by atoms with Crippen LogP contribution < -0.4 is 4.74 Å². The van der Waals surface area contributed by atoms with Crippen LogP contribution in [0.3, 0.4) is 0 Å². The molecule has 0 aliphatic heterocycles. The predicted octanol–water partition coefficient (Wildman–Crippen LogP) is 1.28. The van der Waals surface area contributed by atoms with Crippen LogP contribution in [0, 0.1) is 0 Å². The number of phenolic OH excluding ortho intramolecular Hbond substituents is 1. The molecule has 1 unspecified atom stereocenters. The molecule has 2 N–H and O–H groups in total. The zero-order valence-corrected chi connectivity index (χ0v) is 10.1. The maximum atomic E-state index is 11.4. The second-order valence-electron chi connectivity index (χ2n) is 3.69. The Labute approximate surface area is 99.6 Å². The third-order valence-corrected chi connectivity index (χ3v) is 2.56. The van der Waals surface area contributed by atoms with E-state index in [-0.39, 0.29) is 23.8 Å². The molecule has 0 aliphatic rings. The molecule has 1 aromatic rings. The first-order valence-corrected chi connectivity index (χ1v) is 5.15. The Hall–Kier alpha value is -1.75. The zero-order chi connectivity index (χ0) is 13.0. The van der Waals surface area contributed by atoms with Crippen LogP contribution in [0.4, 0.5) is 0 Å². The second kappa shape index (κ2) is 5.54. The number of hydrogen-bond acceptors (Lipinski definition) is 5. The summed E-state index contributed by atoms with van der Waals surface area (Å²) < 4.78 is 9.65. The molecule has 17 heavy (non-hydrogen) atoms. The Morgan fingerprint density at radius 2 is 2.06 bits per heavy atom. The summed E-state index contributed by atoms with van der Waals surface area (Å²) in [5.41, 5.74) is 0.705. The molecule has 0 aromatic heterocycles. The summed E-state index contributed by atoms with van der Waals surface area (Å²) in [4.78, 5) is 11.4.